The molecule has 1 aromatic heterocycles. The summed E-state index contributed by atoms with van der Waals surface area (Å²) in [6.07, 6.45) is -0.0458. The Hall–Kier alpha value is -3.80. The number of fused-ring (bicyclic) bond motifs is 1. The van der Waals surface area contributed by atoms with Gasteiger partial charge in [-0.05, 0) is 29.3 Å². The maximum Gasteiger partial charge on any atom is 0.336 e. The van der Waals surface area contributed by atoms with Gasteiger partial charge in [-0.2, -0.15) is 0 Å². The molecule has 2 aromatic carbocycles. The highest BCUT2D eigenvalue weighted by molar-refractivity contribution is 5.81. The molecule has 4 rings (SSSR count). The summed E-state index contributed by atoms with van der Waals surface area (Å²) in [6, 6.07) is 10.9. The molecule has 11 heteroatoms. The van der Waals surface area contributed by atoms with E-state index in [9.17, 15) is 24.8 Å². The van der Waals surface area contributed by atoms with Crippen molar-refractivity contribution in [2.24, 2.45) is 0 Å². The fourth-order valence-corrected chi connectivity index (χ4v) is 3.92. The Balaban J connectivity index is 1.31. The van der Waals surface area contributed by atoms with E-state index in [4.69, 9.17) is 18.6 Å². The van der Waals surface area contributed by atoms with Gasteiger partial charge in [0, 0.05) is 43.2 Å². The van der Waals surface area contributed by atoms with Crippen molar-refractivity contribution in [2.75, 3.05) is 32.9 Å². The summed E-state index contributed by atoms with van der Waals surface area (Å²) in [4.78, 5) is 36.9. The second kappa shape index (κ2) is 11.8. The lowest BCUT2D eigenvalue weighted by molar-refractivity contribution is -0.385. The zero-order valence-corrected chi connectivity index (χ0v) is 19.5. The molecule has 0 atom stereocenters. The quantitative estimate of drug-likeness (QED) is 0.192. The van der Waals surface area contributed by atoms with Gasteiger partial charge in [-0.3, -0.25) is 19.8 Å². The monoisotopic (exact) mass is 498 g/mol. The standard InChI is InChI=1S/C25H26N2O9/c28-15-18-2-1-17(11-22(18)27(31)32)16-35-24(29)5-8-34-20-3-4-21-19(12-25(30)36-23(21)13-20)14-26-6-9-33-10-7-26/h1-4,11-13,28H,5-10,14-16H2. The van der Waals surface area contributed by atoms with Crippen LogP contribution >= 0.6 is 0 Å². The Morgan fingerprint density at radius 2 is 1.92 bits per heavy atom. The largest absolute Gasteiger partial charge is 0.493 e. The smallest absolute Gasteiger partial charge is 0.336 e. The first kappa shape index (κ1) is 25.3. The first-order chi connectivity index (χ1) is 17.4. The number of carbonyl (C=O) groups is 1. The molecule has 0 bridgehead atoms. The Morgan fingerprint density at radius 1 is 1.11 bits per heavy atom. The van der Waals surface area contributed by atoms with Crippen molar-refractivity contribution >= 4 is 22.6 Å². The van der Waals surface area contributed by atoms with E-state index in [-0.39, 0.29) is 30.9 Å². The van der Waals surface area contributed by atoms with E-state index in [0.29, 0.717) is 36.7 Å². The van der Waals surface area contributed by atoms with Crippen LogP contribution in [0.2, 0.25) is 0 Å². The van der Waals surface area contributed by atoms with Gasteiger partial charge in [-0.15, -0.1) is 0 Å². The number of nitro groups is 1. The molecule has 2 heterocycles. The Morgan fingerprint density at radius 3 is 2.67 bits per heavy atom. The van der Waals surface area contributed by atoms with Crippen molar-refractivity contribution in [2.45, 2.75) is 26.2 Å². The number of aliphatic hydroxyl groups is 1. The lowest BCUT2D eigenvalue weighted by Gasteiger charge is -2.26. The minimum atomic E-state index is -0.595. The van der Waals surface area contributed by atoms with Gasteiger partial charge in [0.15, 0.2) is 0 Å². The first-order valence-electron chi connectivity index (χ1n) is 11.5. The normalized spacial score (nSPS) is 14.0. The second-order valence-electron chi connectivity index (χ2n) is 8.27. The van der Waals surface area contributed by atoms with E-state index in [1.807, 2.05) is 6.07 Å². The third-order valence-electron chi connectivity index (χ3n) is 5.79. The van der Waals surface area contributed by atoms with Crippen molar-refractivity contribution in [1.29, 1.82) is 0 Å². The summed E-state index contributed by atoms with van der Waals surface area (Å²) >= 11 is 0. The number of morpholine rings is 1. The molecule has 0 aliphatic carbocycles. The predicted molar refractivity (Wildman–Crippen MR) is 128 cm³/mol. The third-order valence-corrected chi connectivity index (χ3v) is 5.79. The molecule has 36 heavy (non-hydrogen) atoms. The van der Waals surface area contributed by atoms with Crippen LogP contribution in [0.5, 0.6) is 5.75 Å². The average Bonchev–Trinajstić information content (AvgIpc) is 2.87. The van der Waals surface area contributed by atoms with Crippen molar-refractivity contribution in [3.05, 3.63) is 79.7 Å². The zero-order chi connectivity index (χ0) is 25.5. The topological polar surface area (TPSA) is 142 Å². The molecule has 0 unspecified atom stereocenters. The predicted octanol–water partition coefficient (Wildman–Crippen LogP) is 2.54. The number of benzene rings is 2. The van der Waals surface area contributed by atoms with Crippen LogP contribution < -0.4 is 10.4 Å². The molecular weight excluding hydrogens is 472 g/mol. The van der Waals surface area contributed by atoms with E-state index in [1.165, 1.54) is 18.2 Å². The van der Waals surface area contributed by atoms with Gasteiger partial charge in [-0.25, -0.2) is 4.79 Å². The number of esters is 1. The van der Waals surface area contributed by atoms with Crippen LogP contribution in [0.1, 0.15) is 23.1 Å². The molecule has 190 valence electrons. The molecule has 0 amide bonds. The summed E-state index contributed by atoms with van der Waals surface area (Å²) in [5, 5.41) is 21.1. The van der Waals surface area contributed by atoms with Crippen LogP contribution in [-0.2, 0) is 34.0 Å². The molecule has 3 aromatic rings. The molecule has 0 spiro atoms. The summed E-state index contributed by atoms with van der Waals surface area (Å²) in [5.74, 6) is -0.0961. The fourth-order valence-electron chi connectivity index (χ4n) is 3.92. The van der Waals surface area contributed by atoms with Crippen LogP contribution in [0, 0.1) is 10.1 Å². The SMILES string of the molecule is O=C(CCOc1ccc2c(CN3CCOCC3)cc(=O)oc2c1)OCc1ccc(CO)c([N+](=O)[O-])c1. The number of nitro benzene ring substituents is 1. The molecule has 0 radical (unpaired) electrons. The van der Waals surface area contributed by atoms with E-state index in [0.717, 1.165) is 24.0 Å². The first-order valence-corrected chi connectivity index (χ1v) is 11.5. The lowest BCUT2D eigenvalue weighted by atomic mass is 10.1. The highest BCUT2D eigenvalue weighted by Crippen LogP contribution is 2.24. The fraction of sp³-hybridized carbons (Fsp3) is 0.360. The Labute approximate surface area is 205 Å². The highest BCUT2D eigenvalue weighted by atomic mass is 16.6. The molecule has 0 saturated carbocycles. The maximum absolute atomic E-state index is 12.1. The number of rotatable bonds is 10. The van der Waals surface area contributed by atoms with Gasteiger partial charge < -0.3 is 23.7 Å². The number of aliphatic hydroxyl groups excluding tert-OH is 1. The third kappa shape index (κ3) is 6.45. The number of hydrogen-bond acceptors (Lipinski definition) is 10. The Bertz CT molecular complexity index is 1300. The minimum absolute atomic E-state index is 0.0334. The van der Waals surface area contributed by atoms with E-state index < -0.39 is 23.1 Å². The lowest BCUT2D eigenvalue weighted by Crippen LogP contribution is -2.35. The minimum Gasteiger partial charge on any atom is -0.493 e. The van der Waals surface area contributed by atoms with Gasteiger partial charge in [-0.1, -0.05) is 6.07 Å². The van der Waals surface area contributed by atoms with Crippen molar-refractivity contribution in [1.82, 2.24) is 4.90 Å². The maximum atomic E-state index is 12.1. The molecule has 11 nitrogen and oxygen atoms in total. The molecule has 1 fully saturated rings. The molecule has 1 aliphatic rings. The number of ether oxygens (including phenoxy) is 3. The summed E-state index contributed by atoms with van der Waals surface area (Å²) < 4.78 is 21.5. The van der Waals surface area contributed by atoms with Gasteiger partial charge in [0.05, 0.1) is 43.3 Å². The summed E-state index contributed by atoms with van der Waals surface area (Å²) in [7, 11) is 0. The van der Waals surface area contributed by atoms with Crippen molar-refractivity contribution in [3.63, 3.8) is 0 Å². The second-order valence-corrected chi connectivity index (χ2v) is 8.27. The average molecular weight is 498 g/mol. The zero-order valence-electron chi connectivity index (χ0n) is 19.5. The van der Waals surface area contributed by atoms with Crippen molar-refractivity contribution < 1.29 is 33.5 Å². The summed E-state index contributed by atoms with van der Waals surface area (Å²) in [5.41, 5.74) is 1.21. The number of carbonyl (C=O) groups excluding carboxylic acids is 1. The highest BCUT2D eigenvalue weighted by Gasteiger charge is 2.16. The van der Waals surface area contributed by atoms with Gasteiger partial charge in [0.1, 0.15) is 17.9 Å². The van der Waals surface area contributed by atoms with Gasteiger partial charge in [0.2, 0.25) is 0 Å². The van der Waals surface area contributed by atoms with Crippen molar-refractivity contribution in [3.8, 4) is 5.75 Å². The Kier molecular flexibility index (Phi) is 8.26. The number of nitrogens with zero attached hydrogens (tertiary/aromatic N) is 2. The van der Waals surface area contributed by atoms with Gasteiger partial charge >= 0.3 is 11.6 Å². The molecule has 1 aliphatic heterocycles. The van der Waals surface area contributed by atoms with Crippen LogP contribution in [-0.4, -0.2) is 53.8 Å². The number of hydrogen-bond donors (Lipinski definition) is 1. The van der Waals surface area contributed by atoms with Crippen LogP contribution in [0.4, 0.5) is 5.69 Å². The molecule has 1 saturated heterocycles. The van der Waals surface area contributed by atoms with Crippen LogP contribution in [0.25, 0.3) is 11.0 Å². The molecular formula is C25H26N2O9. The van der Waals surface area contributed by atoms with E-state index >= 15 is 0 Å². The van der Waals surface area contributed by atoms with E-state index in [1.54, 1.807) is 18.2 Å². The van der Waals surface area contributed by atoms with E-state index in [2.05, 4.69) is 4.90 Å². The summed E-state index contributed by atoms with van der Waals surface area (Å²) in [6.45, 7) is 2.97. The van der Waals surface area contributed by atoms with Crippen LogP contribution in [0.15, 0.2) is 51.7 Å². The molecule has 1 N–H and O–H groups in total. The van der Waals surface area contributed by atoms with Crippen LogP contribution in [0.3, 0.4) is 0 Å². The van der Waals surface area contributed by atoms with Gasteiger partial charge in [0.25, 0.3) is 5.69 Å².